The summed E-state index contributed by atoms with van der Waals surface area (Å²) in [4.78, 5) is 22.3. The van der Waals surface area contributed by atoms with Gasteiger partial charge in [0, 0.05) is 52.2 Å². The molecular formula is C34H30BrF3N6O4. The number of aliphatic hydroxyl groups excluding tert-OH is 1. The van der Waals surface area contributed by atoms with E-state index in [9.17, 15) is 23.5 Å². The van der Waals surface area contributed by atoms with E-state index in [2.05, 4.69) is 36.8 Å². The SMILES string of the molecule is [N-]=[N+]=Nc1ccccc1[C@@H]1OC(c2ccc(OCCCO)cc2)=N[C@]1(Cc1ccccc1Br)C(=O)NNCc1ccc(C(F)(F)F)cc1. The Morgan fingerprint density at radius 3 is 2.44 bits per heavy atom. The number of aliphatic imine (C=N–C) groups is 1. The molecule has 0 bridgehead atoms. The van der Waals surface area contributed by atoms with Crippen molar-refractivity contribution in [3.05, 3.63) is 140 Å². The van der Waals surface area contributed by atoms with Crippen LogP contribution in [0, 0.1) is 0 Å². The third-order valence-corrected chi connectivity index (χ3v) is 8.37. The largest absolute Gasteiger partial charge is 0.494 e. The number of rotatable bonds is 13. The van der Waals surface area contributed by atoms with Gasteiger partial charge < -0.3 is 14.6 Å². The first-order valence-corrected chi connectivity index (χ1v) is 15.6. The summed E-state index contributed by atoms with van der Waals surface area (Å²) in [5, 5.41) is 12.9. The number of carbonyl (C=O) groups is 1. The van der Waals surface area contributed by atoms with Gasteiger partial charge >= 0.3 is 6.18 Å². The van der Waals surface area contributed by atoms with Crippen LogP contribution in [0.2, 0.25) is 0 Å². The number of nitrogens with zero attached hydrogens (tertiary/aromatic N) is 4. The maximum atomic E-state index is 14.4. The van der Waals surface area contributed by atoms with E-state index in [-0.39, 0.29) is 31.2 Å². The highest BCUT2D eigenvalue weighted by Gasteiger charge is 2.54. The molecule has 3 N–H and O–H groups in total. The summed E-state index contributed by atoms with van der Waals surface area (Å²) in [5.74, 6) is 0.133. The highest BCUT2D eigenvalue weighted by atomic mass is 79.9. The molecule has 14 heteroatoms. The third-order valence-electron chi connectivity index (χ3n) is 7.60. The lowest BCUT2D eigenvalue weighted by Crippen LogP contribution is -2.53. The van der Waals surface area contributed by atoms with E-state index in [1.807, 2.05) is 24.3 Å². The van der Waals surface area contributed by atoms with Gasteiger partial charge in [-0.1, -0.05) is 75.6 Å². The van der Waals surface area contributed by atoms with Crippen LogP contribution in [-0.2, 0) is 28.7 Å². The zero-order valence-electron chi connectivity index (χ0n) is 25.3. The molecule has 48 heavy (non-hydrogen) atoms. The van der Waals surface area contributed by atoms with E-state index in [4.69, 9.17) is 19.6 Å². The van der Waals surface area contributed by atoms with Gasteiger partial charge in [-0.3, -0.25) is 10.2 Å². The fraction of sp³-hybridized carbons (Fsp3) is 0.235. The van der Waals surface area contributed by atoms with Crippen molar-refractivity contribution in [1.82, 2.24) is 10.9 Å². The molecule has 0 aromatic heterocycles. The summed E-state index contributed by atoms with van der Waals surface area (Å²) in [6.07, 6.45) is -5.02. The van der Waals surface area contributed by atoms with Crippen molar-refractivity contribution in [3.8, 4) is 5.75 Å². The van der Waals surface area contributed by atoms with Crippen LogP contribution in [-0.4, -0.2) is 35.7 Å². The van der Waals surface area contributed by atoms with Gasteiger partial charge in [-0.25, -0.2) is 10.4 Å². The number of amides is 1. The van der Waals surface area contributed by atoms with Crippen LogP contribution >= 0.6 is 15.9 Å². The maximum absolute atomic E-state index is 14.4. The number of carbonyl (C=O) groups excluding carboxylic acids is 1. The predicted molar refractivity (Wildman–Crippen MR) is 176 cm³/mol. The minimum atomic E-state index is -4.47. The second kappa shape index (κ2) is 15.3. The van der Waals surface area contributed by atoms with Gasteiger partial charge in [0.15, 0.2) is 11.6 Å². The van der Waals surface area contributed by atoms with Crippen molar-refractivity contribution >= 4 is 33.4 Å². The summed E-state index contributed by atoms with van der Waals surface area (Å²) >= 11 is 3.58. The molecule has 4 aromatic rings. The molecule has 2 atom stereocenters. The maximum Gasteiger partial charge on any atom is 0.416 e. The molecule has 1 aliphatic heterocycles. The highest BCUT2D eigenvalue weighted by molar-refractivity contribution is 9.10. The Morgan fingerprint density at radius 1 is 1.04 bits per heavy atom. The number of benzene rings is 4. The summed E-state index contributed by atoms with van der Waals surface area (Å²) in [7, 11) is 0. The first-order valence-electron chi connectivity index (χ1n) is 14.8. The molecule has 248 valence electrons. The van der Waals surface area contributed by atoms with Gasteiger partial charge in [0.25, 0.3) is 5.91 Å². The molecule has 0 fully saturated rings. The van der Waals surface area contributed by atoms with Crippen LogP contribution in [0.15, 0.2) is 112 Å². The average molecular weight is 724 g/mol. The van der Waals surface area contributed by atoms with E-state index >= 15 is 0 Å². The van der Waals surface area contributed by atoms with Crippen LogP contribution in [0.1, 0.15) is 40.3 Å². The van der Waals surface area contributed by atoms with E-state index in [0.29, 0.717) is 35.5 Å². The molecule has 5 rings (SSSR count). The van der Waals surface area contributed by atoms with Crippen LogP contribution in [0.4, 0.5) is 18.9 Å². The molecule has 0 radical (unpaired) electrons. The second-order valence-corrected chi connectivity index (χ2v) is 11.7. The lowest BCUT2D eigenvalue weighted by atomic mass is 9.81. The number of hydrazine groups is 1. The van der Waals surface area contributed by atoms with Crippen LogP contribution < -0.4 is 15.6 Å². The summed E-state index contributed by atoms with van der Waals surface area (Å²) < 4.78 is 52.0. The number of halogens is 4. The molecule has 10 nitrogen and oxygen atoms in total. The molecule has 4 aromatic carbocycles. The molecule has 0 saturated heterocycles. The van der Waals surface area contributed by atoms with Gasteiger partial charge in [0.2, 0.25) is 5.90 Å². The first-order chi connectivity index (χ1) is 23.1. The van der Waals surface area contributed by atoms with E-state index < -0.39 is 29.3 Å². The number of azide groups is 1. The number of nitrogens with one attached hydrogen (secondary N) is 2. The summed E-state index contributed by atoms with van der Waals surface area (Å²) in [5.41, 5.74) is 14.9. The monoisotopic (exact) mass is 722 g/mol. The lowest BCUT2D eigenvalue weighted by Gasteiger charge is -2.31. The fourth-order valence-corrected chi connectivity index (χ4v) is 5.61. The van der Waals surface area contributed by atoms with Gasteiger partial charge in [-0.2, -0.15) is 13.2 Å². The van der Waals surface area contributed by atoms with Crippen molar-refractivity contribution < 1.29 is 32.5 Å². The van der Waals surface area contributed by atoms with E-state index in [0.717, 1.165) is 22.2 Å². The first kappa shape index (κ1) is 34.5. The molecule has 0 aliphatic carbocycles. The molecule has 1 aliphatic rings. The summed E-state index contributed by atoms with van der Waals surface area (Å²) in [6, 6.07) is 25.6. The highest BCUT2D eigenvalue weighted by Crippen LogP contribution is 2.46. The zero-order chi connectivity index (χ0) is 34.1. The van der Waals surface area contributed by atoms with E-state index in [1.165, 1.54) is 12.1 Å². The molecule has 0 spiro atoms. The predicted octanol–water partition coefficient (Wildman–Crippen LogP) is 7.49. The van der Waals surface area contributed by atoms with E-state index in [1.54, 1.807) is 48.5 Å². The Morgan fingerprint density at radius 2 is 1.75 bits per heavy atom. The van der Waals surface area contributed by atoms with Crippen LogP contribution in [0.3, 0.4) is 0 Å². The Kier molecular flexibility index (Phi) is 11.0. The molecule has 1 heterocycles. The Hall–Kier alpha value is -4.88. The fourth-order valence-electron chi connectivity index (χ4n) is 5.19. The van der Waals surface area contributed by atoms with Crippen molar-refractivity contribution in [2.45, 2.75) is 37.2 Å². The minimum Gasteiger partial charge on any atom is -0.494 e. The second-order valence-electron chi connectivity index (χ2n) is 10.8. The Labute approximate surface area is 282 Å². The number of hydrogen-bond acceptors (Lipinski definition) is 7. The standard InChI is InChI=1S/C34H30BrF3N6O4/c35-28-8-3-1-6-24(28)20-33(32(46)43-40-21-22-10-14-25(15-11-22)34(36,37)38)30(27-7-2-4-9-29(27)42-44-39)48-31(41-33)23-12-16-26(17-13-23)47-19-5-18-45/h1-4,6-17,30,40,45H,5,18-21H2,(H,43,46)/t30-,33-/m0/s1. The number of ether oxygens (including phenoxy) is 2. The smallest absolute Gasteiger partial charge is 0.416 e. The quantitative estimate of drug-likeness (QED) is 0.0431. The average Bonchev–Trinajstić information content (AvgIpc) is 3.46. The van der Waals surface area contributed by atoms with Crippen molar-refractivity contribution in [2.75, 3.05) is 13.2 Å². The molecular weight excluding hydrogens is 693 g/mol. The van der Waals surface area contributed by atoms with Crippen molar-refractivity contribution in [1.29, 1.82) is 0 Å². The third kappa shape index (κ3) is 7.97. The Balaban J connectivity index is 1.53. The van der Waals surface area contributed by atoms with Gasteiger partial charge in [-0.05, 0) is 59.1 Å². The number of hydrogen-bond donors (Lipinski definition) is 3. The van der Waals surface area contributed by atoms with Crippen molar-refractivity contribution in [3.63, 3.8) is 0 Å². The minimum absolute atomic E-state index is 0.00229. The van der Waals surface area contributed by atoms with Crippen LogP contribution in [0.25, 0.3) is 10.4 Å². The lowest BCUT2D eigenvalue weighted by molar-refractivity contribution is -0.137. The summed E-state index contributed by atoms with van der Waals surface area (Å²) in [6.45, 7) is 0.354. The molecule has 1 amide bonds. The number of aliphatic hydroxyl groups is 1. The number of alkyl halides is 3. The zero-order valence-corrected chi connectivity index (χ0v) is 26.9. The normalized spacial score (nSPS) is 17.2. The molecule has 0 unspecified atom stereocenters. The topological polar surface area (TPSA) is 141 Å². The van der Waals surface area contributed by atoms with Gasteiger partial charge in [0.05, 0.1) is 12.2 Å². The molecule has 0 saturated carbocycles. The Bertz CT molecular complexity index is 1820. The van der Waals surface area contributed by atoms with Gasteiger partial charge in [0.1, 0.15) is 5.75 Å². The van der Waals surface area contributed by atoms with Gasteiger partial charge in [-0.15, -0.1) is 0 Å². The van der Waals surface area contributed by atoms with Crippen LogP contribution in [0.5, 0.6) is 5.75 Å². The van der Waals surface area contributed by atoms with Crippen molar-refractivity contribution in [2.24, 2.45) is 10.1 Å².